The summed E-state index contributed by atoms with van der Waals surface area (Å²) < 4.78 is 9.56. The fraction of sp³-hybridized carbons (Fsp3) is 0.462. The average molecular weight is 302 g/mol. The minimum atomic E-state index is -1.65. The highest BCUT2D eigenvalue weighted by Crippen LogP contribution is 2.26. The molecule has 1 aromatic carbocycles. The number of carbonyl (C=O) groups excluding carboxylic acids is 1. The van der Waals surface area contributed by atoms with Crippen LogP contribution in [0.1, 0.15) is 10.4 Å². The number of phenolic OH excluding ortho intramolecular Hbond substituents is 1. The van der Waals surface area contributed by atoms with Crippen LogP contribution in [-0.4, -0.2) is 70.1 Å². The van der Waals surface area contributed by atoms with Crippen LogP contribution in [0.3, 0.4) is 0 Å². The fourth-order valence-corrected chi connectivity index (χ4v) is 1.52. The maximum atomic E-state index is 11.7. The van der Waals surface area contributed by atoms with E-state index in [0.717, 1.165) is 6.07 Å². The lowest BCUT2D eigenvalue weighted by atomic mass is 10.1. The SMILES string of the molecule is COc1ccc(C(=O)OCC(O)C(O)C(O)CO)cc1O. The van der Waals surface area contributed by atoms with Gasteiger partial charge in [-0.3, -0.25) is 0 Å². The molecule has 0 heterocycles. The molecule has 0 aliphatic heterocycles. The Balaban J connectivity index is 2.59. The number of carbonyl (C=O) groups is 1. The van der Waals surface area contributed by atoms with Crippen LogP contribution in [0.2, 0.25) is 0 Å². The highest BCUT2D eigenvalue weighted by Gasteiger charge is 2.25. The second kappa shape index (κ2) is 7.79. The van der Waals surface area contributed by atoms with E-state index < -0.39 is 37.5 Å². The number of esters is 1. The van der Waals surface area contributed by atoms with Crippen molar-refractivity contribution in [2.24, 2.45) is 0 Å². The first-order valence-electron chi connectivity index (χ1n) is 6.09. The van der Waals surface area contributed by atoms with Gasteiger partial charge in [0.25, 0.3) is 0 Å². The first-order chi connectivity index (χ1) is 9.90. The Kier molecular flexibility index (Phi) is 6.38. The monoisotopic (exact) mass is 302 g/mol. The summed E-state index contributed by atoms with van der Waals surface area (Å²) in [5.74, 6) is -0.894. The molecule has 0 saturated carbocycles. The van der Waals surface area contributed by atoms with Crippen LogP contribution in [0.4, 0.5) is 0 Å². The molecule has 21 heavy (non-hydrogen) atoms. The van der Waals surface area contributed by atoms with Gasteiger partial charge in [-0.2, -0.15) is 0 Å². The third-order valence-electron chi connectivity index (χ3n) is 2.78. The summed E-state index contributed by atoms with van der Waals surface area (Å²) >= 11 is 0. The number of ether oxygens (including phenoxy) is 2. The maximum absolute atomic E-state index is 11.7. The number of aliphatic hydroxyl groups is 4. The Bertz CT molecular complexity index is 475. The van der Waals surface area contributed by atoms with Crippen molar-refractivity contribution < 1.29 is 39.8 Å². The van der Waals surface area contributed by atoms with Gasteiger partial charge in [-0.05, 0) is 18.2 Å². The summed E-state index contributed by atoms with van der Waals surface area (Å²) in [5.41, 5.74) is 0.0256. The zero-order chi connectivity index (χ0) is 16.0. The molecule has 0 radical (unpaired) electrons. The van der Waals surface area contributed by atoms with E-state index in [2.05, 4.69) is 0 Å². The molecule has 0 aromatic heterocycles. The van der Waals surface area contributed by atoms with Crippen LogP contribution >= 0.6 is 0 Å². The van der Waals surface area contributed by atoms with Gasteiger partial charge in [0.1, 0.15) is 24.9 Å². The zero-order valence-corrected chi connectivity index (χ0v) is 11.3. The van der Waals surface area contributed by atoms with Crippen molar-refractivity contribution in [1.82, 2.24) is 0 Å². The Labute approximate surface area is 120 Å². The average Bonchev–Trinajstić information content (AvgIpc) is 2.50. The summed E-state index contributed by atoms with van der Waals surface area (Å²) in [6.45, 7) is -1.32. The molecule has 0 saturated heterocycles. The molecule has 0 bridgehead atoms. The van der Waals surface area contributed by atoms with E-state index in [1.807, 2.05) is 0 Å². The molecule has 8 heteroatoms. The number of benzene rings is 1. The topological polar surface area (TPSA) is 137 Å². The molecule has 5 N–H and O–H groups in total. The van der Waals surface area contributed by atoms with E-state index in [4.69, 9.17) is 19.7 Å². The van der Waals surface area contributed by atoms with Crippen LogP contribution in [0.25, 0.3) is 0 Å². The Morgan fingerprint density at radius 3 is 2.43 bits per heavy atom. The standard InChI is InChI=1S/C13H18O8/c1-20-11-3-2-7(4-8(11)15)13(19)21-6-10(17)12(18)9(16)5-14/h2-4,9-10,12,14-18H,5-6H2,1H3. The zero-order valence-electron chi connectivity index (χ0n) is 11.3. The lowest BCUT2D eigenvalue weighted by Crippen LogP contribution is -2.42. The van der Waals surface area contributed by atoms with E-state index in [0.29, 0.717) is 0 Å². The molecule has 0 aliphatic rings. The van der Waals surface area contributed by atoms with Crippen molar-refractivity contribution in [3.8, 4) is 11.5 Å². The smallest absolute Gasteiger partial charge is 0.338 e. The van der Waals surface area contributed by atoms with Crippen molar-refractivity contribution in [3.63, 3.8) is 0 Å². The molecular weight excluding hydrogens is 284 g/mol. The predicted molar refractivity (Wildman–Crippen MR) is 70.0 cm³/mol. The van der Waals surface area contributed by atoms with Gasteiger partial charge in [0.2, 0.25) is 0 Å². The lowest BCUT2D eigenvalue weighted by molar-refractivity contribution is -0.0925. The highest BCUT2D eigenvalue weighted by atomic mass is 16.5. The minimum Gasteiger partial charge on any atom is -0.504 e. The molecule has 0 spiro atoms. The molecule has 1 aromatic rings. The van der Waals surface area contributed by atoms with Crippen molar-refractivity contribution in [2.75, 3.05) is 20.3 Å². The second-order valence-corrected chi connectivity index (χ2v) is 4.29. The third-order valence-corrected chi connectivity index (χ3v) is 2.78. The largest absolute Gasteiger partial charge is 0.504 e. The molecule has 0 amide bonds. The van der Waals surface area contributed by atoms with Crippen molar-refractivity contribution in [1.29, 1.82) is 0 Å². The van der Waals surface area contributed by atoms with Gasteiger partial charge in [-0.1, -0.05) is 0 Å². The summed E-state index contributed by atoms with van der Waals surface area (Å²) in [6.07, 6.45) is -4.74. The number of hydrogen-bond acceptors (Lipinski definition) is 8. The van der Waals surface area contributed by atoms with Crippen LogP contribution in [0, 0.1) is 0 Å². The van der Waals surface area contributed by atoms with E-state index in [9.17, 15) is 20.1 Å². The molecule has 3 atom stereocenters. The number of hydrogen-bond donors (Lipinski definition) is 5. The summed E-state index contributed by atoms with van der Waals surface area (Å²) in [5, 5.41) is 46.1. The van der Waals surface area contributed by atoms with Gasteiger partial charge in [0.15, 0.2) is 11.5 Å². The van der Waals surface area contributed by atoms with E-state index >= 15 is 0 Å². The van der Waals surface area contributed by atoms with Crippen molar-refractivity contribution >= 4 is 5.97 Å². The number of aliphatic hydroxyl groups excluding tert-OH is 4. The van der Waals surface area contributed by atoms with Crippen molar-refractivity contribution in [3.05, 3.63) is 23.8 Å². The van der Waals surface area contributed by atoms with Gasteiger partial charge in [-0.15, -0.1) is 0 Å². The van der Waals surface area contributed by atoms with E-state index in [1.165, 1.54) is 19.2 Å². The second-order valence-electron chi connectivity index (χ2n) is 4.29. The van der Waals surface area contributed by atoms with Gasteiger partial charge >= 0.3 is 5.97 Å². The van der Waals surface area contributed by atoms with Crippen LogP contribution < -0.4 is 4.74 Å². The Morgan fingerprint density at radius 1 is 1.24 bits per heavy atom. The first-order valence-corrected chi connectivity index (χ1v) is 6.09. The van der Waals surface area contributed by atoms with Crippen LogP contribution in [0.15, 0.2) is 18.2 Å². The molecule has 1 rings (SSSR count). The quantitative estimate of drug-likeness (QED) is 0.389. The van der Waals surface area contributed by atoms with Crippen molar-refractivity contribution in [2.45, 2.75) is 18.3 Å². The number of phenols is 1. The van der Waals surface area contributed by atoms with Gasteiger partial charge in [-0.25, -0.2) is 4.79 Å². The normalized spacial score (nSPS) is 15.1. The molecule has 8 nitrogen and oxygen atoms in total. The van der Waals surface area contributed by atoms with E-state index in [1.54, 1.807) is 0 Å². The highest BCUT2D eigenvalue weighted by molar-refractivity contribution is 5.90. The Hall–Kier alpha value is -1.87. The van der Waals surface area contributed by atoms with Crippen LogP contribution in [0.5, 0.6) is 11.5 Å². The number of aromatic hydroxyl groups is 1. The summed E-state index contributed by atoms with van der Waals surface area (Å²) in [7, 11) is 1.36. The summed E-state index contributed by atoms with van der Waals surface area (Å²) in [6, 6.07) is 3.85. The molecule has 0 aliphatic carbocycles. The third kappa shape index (κ3) is 4.57. The molecule has 118 valence electrons. The number of methoxy groups -OCH3 is 1. The van der Waals surface area contributed by atoms with Crippen LogP contribution in [-0.2, 0) is 4.74 Å². The predicted octanol–water partition coefficient (Wildman–Crippen LogP) is -1.37. The molecule has 0 fully saturated rings. The fourth-order valence-electron chi connectivity index (χ4n) is 1.52. The lowest BCUT2D eigenvalue weighted by Gasteiger charge is -2.21. The first kappa shape index (κ1) is 17.2. The maximum Gasteiger partial charge on any atom is 0.338 e. The Morgan fingerprint density at radius 2 is 1.90 bits per heavy atom. The van der Waals surface area contributed by atoms with Gasteiger partial charge in [0, 0.05) is 0 Å². The molecule has 3 unspecified atom stereocenters. The van der Waals surface area contributed by atoms with E-state index in [-0.39, 0.29) is 17.1 Å². The van der Waals surface area contributed by atoms with Gasteiger partial charge < -0.3 is 35.0 Å². The minimum absolute atomic E-state index is 0.0256. The van der Waals surface area contributed by atoms with Gasteiger partial charge in [0.05, 0.1) is 19.3 Å². The molecular formula is C13H18O8. The summed E-state index contributed by atoms with van der Waals surface area (Å²) in [4.78, 5) is 11.7. The number of rotatable bonds is 7.